The van der Waals surface area contributed by atoms with Crippen molar-refractivity contribution >= 4 is 0 Å². The smallest absolute Gasteiger partial charge is 0.161 e. The topological polar surface area (TPSA) is 41.9 Å². The van der Waals surface area contributed by atoms with E-state index in [1.807, 2.05) is 26.8 Å². The zero-order chi connectivity index (χ0) is 18.7. The number of hydrogen-bond donors (Lipinski definition) is 1. The Morgan fingerprint density at radius 1 is 0.923 bits per heavy atom. The number of phenolic OH excluding ortho intramolecular Hbond substituents is 1. The third-order valence-corrected chi connectivity index (χ3v) is 5.05. The summed E-state index contributed by atoms with van der Waals surface area (Å²) in [5, 5.41) is 10.3. The highest BCUT2D eigenvalue weighted by atomic mass is 16.5. The lowest BCUT2D eigenvalue weighted by Gasteiger charge is -2.30. The van der Waals surface area contributed by atoms with Crippen LogP contribution in [0, 0.1) is 13.8 Å². The van der Waals surface area contributed by atoms with Gasteiger partial charge in [0.2, 0.25) is 0 Å². The molecular weight excluding hydrogens is 326 g/mol. The maximum atomic E-state index is 10.3. The lowest BCUT2D eigenvalue weighted by molar-refractivity contribution is 0.239. The molecule has 2 aromatic rings. The van der Waals surface area contributed by atoms with E-state index in [2.05, 4.69) is 30.0 Å². The van der Waals surface area contributed by atoms with Crippen molar-refractivity contribution in [1.82, 2.24) is 4.90 Å². The minimum Gasteiger partial charge on any atom is -0.508 e. The molecule has 0 amide bonds. The number of fused-ring (bicyclic) bond motifs is 1. The Kier molecular flexibility index (Phi) is 5.72. The fourth-order valence-corrected chi connectivity index (χ4v) is 3.52. The molecule has 0 unspecified atom stereocenters. The van der Waals surface area contributed by atoms with Crippen LogP contribution in [0.1, 0.15) is 41.7 Å². The Morgan fingerprint density at radius 3 is 2.19 bits per heavy atom. The van der Waals surface area contributed by atoms with Crippen LogP contribution in [-0.4, -0.2) is 29.8 Å². The van der Waals surface area contributed by atoms with E-state index in [0.29, 0.717) is 19.0 Å². The Bertz CT molecular complexity index is 785. The molecule has 0 aliphatic carbocycles. The van der Waals surface area contributed by atoms with Gasteiger partial charge in [0.15, 0.2) is 11.5 Å². The van der Waals surface area contributed by atoms with Gasteiger partial charge in [-0.15, -0.1) is 0 Å². The van der Waals surface area contributed by atoms with Gasteiger partial charge in [-0.2, -0.15) is 0 Å². The van der Waals surface area contributed by atoms with Crippen LogP contribution in [0.3, 0.4) is 0 Å². The molecule has 0 saturated heterocycles. The summed E-state index contributed by atoms with van der Waals surface area (Å²) in [5.74, 6) is 2.05. The third kappa shape index (κ3) is 3.96. The van der Waals surface area contributed by atoms with Crippen LogP contribution in [0.2, 0.25) is 0 Å². The lowest BCUT2D eigenvalue weighted by Crippen LogP contribution is -2.30. The Hall–Kier alpha value is -2.20. The van der Waals surface area contributed by atoms with E-state index in [0.717, 1.165) is 48.7 Å². The summed E-state index contributed by atoms with van der Waals surface area (Å²) in [7, 11) is 0. The summed E-state index contributed by atoms with van der Waals surface area (Å²) in [6.45, 7) is 11.9. The van der Waals surface area contributed by atoms with Crippen LogP contribution in [0.5, 0.6) is 17.2 Å². The molecule has 0 bridgehead atoms. The van der Waals surface area contributed by atoms with Crippen molar-refractivity contribution in [2.45, 2.75) is 47.2 Å². The van der Waals surface area contributed by atoms with Crippen molar-refractivity contribution in [3.63, 3.8) is 0 Å². The predicted molar refractivity (Wildman–Crippen MR) is 104 cm³/mol. The molecule has 1 heterocycles. The zero-order valence-corrected chi connectivity index (χ0v) is 16.3. The Balaban J connectivity index is 1.80. The molecule has 1 aliphatic heterocycles. The Labute approximate surface area is 156 Å². The molecule has 0 spiro atoms. The van der Waals surface area contributed by atoms with Crippen LogP contribution < -0.4 is 9.47 Å². The van der Waals surface area contributed by atoms with Crippen molar-refractivity contribution in [3.8, 4) is 17.2 Å². The molecule has 0 saturated carbocycles. The Morgan fingerprint density at radius 2 is 1.54 bits per heavy atom. The van der Waals surface area contributed by atoms with Crippen molar-refractivity contribution in [1.29, 1.82) is 0 Å². The van der Waals surface area contributed by atoms with E-state index in [4.69, 9.17) is 9.47 Å². The zero-order valence-electron chi connectivity index (χ0n) is 16.3. The van der Waals surface area contributed by atoms with Crippen LogP contribution >= 0.6 is 0 Å². The molecule has 140 valence electrons. The van der Waals surface area contributed by atoms with Gasteiger partial charge in [-0.25, -0.2) is 0 Å². The monoisotopic (exact) mass is 355 g/mol. The van der Waals surface area contributed by atoms with Gasteiger partial charge in [0.05, 0.1) is 13.2 Å². The molecule has 0 aromatic heterocycles. The molecular formula is C22H29NO3. The van der Waals surface area contributed by atoms with Crippen LogP contribution in [0.25, 0.3) is 0 Å². The molecule has 4 nitrogen and oxygen atoms in total. The van der Waals surface area contributed by atoms with E-state index in [9.17, 15) is 5.11 Å². The number of aryl methyl sites for hydroxylation is 2. The molecule has 3 rings (SSSR count). The SMILES string of the molecule is CCOc1cc2c(cc1OCC)CN(Cc1cc(C)c(C)cc1O)CC2. The first-order valence-electron chi connectivity index (χ1n) is 9.44. The van der Waals surface area contributed by atoms with Crippen molar-refractivity contribution in [2.75, 3.05) is 19.8 Å². The molecule has 1 N–H and O–H groups in total. The summed E-state index contributed by atoms with van der Waals surface area (Å²) < 4.78 is 11.5. The van der Waals surface area contributed by atoms with Gasteiger partial charge < -0.3 is 14.6 Å². The average Bonchev–Trinajstić information content (AvgIpc) is 2.61. The fraction of sp³-hybridized carbons (Fsp3) is 0.455. The fourth-order valence-electron chi connectivity index (χ4n) is 3.52. The second kappa shape index (κ2) is 8.00. The first kappa shape index (κ1) is 18.6. The van der Waals surface area contributed by atoms with Gasteiger partial charge in [-0.05, 0) is 74.6 Å². The summed E-state index contributed by atoms with van der Waals surface area (Å²) >= 11 is 0. The van der Waals surface area contributed by atoms with Gasteiger partial charge in [-0.1, -0.05) is 6.07 Å². The van der Waals surface area contributed by atoms with Crippen LogP contribution in [0.4, 0.5) is 0 Å². The predicted octanol–water partition coefficient (Wildman–Crippen LogP) is 4.36. The van der Waals surface area contributed by atoms with Gasteiger partial charge in [0, 0.05) is 25.2 Å². The molecule has 0 atom stereocenters. The first-order chi connectivity index (χ1) is 12.5. The maximum Gasteiger partial charge on any atom is 0.161 e. The number of hydrogen-bond acceptors (Lipinski definition) is 4. The normalized spacial score (nSPS) is 14.2. The van der Waals surface area contributed by atoms with Crippen LogP contribution in [-0.2, 0) is 19.5 Å². The number of rotatable bonds is 6. The largest absolute Gasteiger partial charge is 0.508 e. The quantitative estimate of drug-likeness (QED) is 0.836. The second-order valence-corrected chi connectivity index (χ2v) is 6.96. The molecule has 1 aliphatic rings. The maximum absolute atomic E-state index is 10.3. The highest BCUT2D eigenvalue weighted by molar-refractivity contribution is 5.48. The number of benzene rings is 2. The van der Waals surface area contributed by atoms with E-state index in [1.54, 1.807) is 0 Å². The molecule has 0 radical (unpaired) electrons. The van der Waals surface area contributed by atoms with Crippen molar-refractivity contribution in [3.05, 3.63) is 52.1 Å². The standard InChI is InChI=1S/C22H29NO3/c1-5-25-21-11-17-7-8-23(13-18(17)12-22(21)26-6-2)14-19-9-15(3)16(4)10-20(19)24/h9-12,24H,5-8,13-14H2,1-4H3. The van der Waals surface area contributed by atoms with Crippen molar-refractivity contribution < 1.29 is 14.6 Å². The van der Waals surface area contributed by atoms with Gasteiger partial charge in [0.25, 0.3) is 0 Å². The lowest BCUT2D eigenvalue weighted by atomic mass is 9.97. The number of ether oxygens (including phenoxy) is 2. The first-order valence-corrected chi connectivity index (χ1v) is 9.44. The van der Waals surface area contributed by atoms with E-state index in [-0.39, 0.29) is 0 Å². The van der Waals surface area contributed by atoms with E-state index >= 15 is 0 Å². The number of aromatic hydroxyl groups is 1. The number of phenols is 1. The molecule has 0 fully saturated rings. The van der Waals surface area contributed by atoms with Gasteiger partial charge in [0.1, 0.15) is 5.75 Å². The summed E-state index contributed by atoms with van der Waals surface area (Å²) in [6, 6.07) is 8.22. The summed E-state index contributed by atoms with van der Waals surface area (Å²) in [6.07, 6.45) is 0.980. The molecule has 2 aromatic carbocycles. The average molecular weight is 355 g/mol. The molecule has 26 heavy (non-hydrogen) atoms. The van der Waals surface area contributed by atoms with E-state index in [1.165, 1.54) is 16.7 Å². The van der Waals surface area contributed by atoms with Crippen LogP contribution in [0.15, 0.2) is 24.3 Å². The second-order valence-electron chi connectivity index (χ2n) is 6.96. The summed E-state index contributed by atoms with van der Waals surface area (Å²) in [4.78, 5) is 2.38. The number of nitrogens with zero attached hydrogens (tertiary/aromatic N) is 1. The third-order valence-electron chi connectivity index (χ3n) is 5.05. The van der Waals surface area contributed by atoms with Gasteiger partial charge >= 0.3 is 0 Å². The van der Waals surface area contributed by atoms with E-state index < -0.39 is 0 Å². The van der Waals surface area contributed by atoms with Crippen molar-refractivity contribution in [2.24, 2.45) is 0 Å². The molecule has 4 heteroatoms. The highest BCUT2D eigenvalue weighted by Gasteiger charge is 2.21. The summed E-state index contributed by atoms with van der Waals surface area (Å²) in [5.41, 5.74) is 5.95. The highest BCUT2D eigenvalue weighted by Crippen LogP contribution is 2.34. The van der Waals surface area contributed by atoms with Gasteiger partial charge in [-0.3, -0.25) is 4.90 Å². The minimum absolute atomic E-state index is 0.389. The minimum atomic E-state index is 0.389.